The Morgan fingerprint density at radius 2 is 2.16 bits per heavy atom. The molecule has 1 rings (SSSR count). The number of nitrogens with one attached hydrogen (secondary N) is 1. The van der Waals surface area contributed by atoms with Crippen molar-refractivity contribution in [2.75, 3.05) is 19.4 Å². The van der Waals surface area contributed by atoms with E-state index in [1.807, 2.05) is 27.7 Å². The van der Waals surface area contributed by atoms with Crippen molar-refractivity contribution in [1.29, 1.82) is 0 Å². The van der Waals surface area contributed by atoms with Gasteiger partial charge in [0.25, 0.3) is 5.91 Å². The number of nitrogens with two attached hydrogens (primary N) is 1. The number of amides is 1. The summed E-state index contributed by atoms with van der Waals surface area (Å²) < 4.78 is 5.24. The van der Waals surface area contributed by atoms with E-state index in [0.717, 1.165) is 0 Å². The van der Waals surface area contributed by atoms with E-state index in [4.69, 9.17) is 10.5 Å². The summed E-state index contributed by atoms with van der Waals surface area (Å²) in [7, 11) is 1.60. The van der Waals surface area contributed by atoms with Crippen molar-refractivity contribution in [1.82, 2.24) is 15.3 Å². The highest BCUT2D eigenvalue weighted by molar-refractivity contribution is 5.96. The lowest BCUT2D eigenvalue weighted by Gasteiger charge is -2.23. The van der Waals surface area contributed by atoms with Gasteiger partial charge in [0.15, 0.2) is 5.69 Å². The summed E-state index contributed by atoms with van der Waals surface area (Å²) in [5.41, 5.74) is 5.80. The maximum Gasteiger partial charge on any atom is 0.272 e. The van der Waals surface area contributed by atoms with Crippen LogP contribution in [0.25, 0.3) is 0 Å². The molecule has 19 heavy (non-hydrogen) atoms. The predicted octanol–water partition coefficient (Wildman–Crippen LogP) is 1.34. The highest BCUT2D eigenvalue weighted by Gasteiger charge is 2.20. The largest absolute Gasteiger partial charge is 0.396 e. The van der Waals surface area contributed by atoms with Crippen molar-refractivity contribution in [3.63, 3.8) is 0 Å². The summed E-state index contributed by atoms with van der Waals surface area (Å²) in [6, 6.07) is 0. The Labute approximate surface area is 113 Å². The first-order valence-corrected chi connectivity index (χ1v) is 6.22. The lowest BCUT2D eigenvalue weighted by molar-refractivity contribution is 0.0228. The first kappa shape index (κ1) is 15.4. The second-order valence-electron chi connectivity index (χ2n) is 5.33. The SMILES string of the molecule is COC(C)(C)CNC(=O)c1nc(C(C)C)ncc1N. The minimum Gasteiger partial charge on any atom is -0.396 e. The summed E-state index contributed by atoms with van der Waals surface area (Å²) in [5.74, 6) is 0.430. The van der Waals surface area contributed by atoms with Crippen molar-refractivity contribution in [2.24, 2.45) is 0 Å². The zero-order valence-electron chi connectivity index (χ0n) is 12.2. The number of nitrogens with zero attached hydrogens (tertiary/aromatic N) is 2. The van der Waals surface area contributed by atoms with Crippen molar-refractivity contribution in [3.8, 4) is 0 Å². The van der Waals surface area contributed by atoms with Crippen LogP contribution in [0.1, 0.15) is 49.9 Å². The molecule has 0 aromatic carbocycles. The van der Waals surface area contributed by atoms with E-state index in [-0.39, 0.29) is 23.2 Å². The summed E-state index contributed by atoms with van der Waals surface area (Å²) >= 11 is 0. The van der Waals surface area contributed by atoms with E-state index in [0.29, 0.717) is 12.4 Å². The maximum atomic E-state index is 12.1. The Kier molecular flexibility index (Phi) is 4.83. The number of rotatable bonds is 5. The summed E-state index contributed by atoms with van der Waals surface area (Å²) in [4.78, 5) is 20.4. The van der Waals surface area contributed by atoms with E-state index < -0.39 is 5.60 Å². The number of hydrogen-bond acceptors (Lipinski definition) is 5. The maximum absolute atomic E-state index is 12.1. The zero-order chi connectivity index (χ0) is 14.6. The fourth-order valence-electron chi connectivity index (χ4n) is 1.31. The number of carbonyl (C=O) groups excluding carboxylic acids is 1. The van der Waals surface area contributed by atoms with Crippen LogP contribution in [0.4, 0.5) is 5.69 Å². The van der Waals surface area contributed by atoms with Gasteiger partial charge < -0.3 is 15.8 Å². The second kappa shape index (κ2) is 5.97. The average molecular weight is 266 g/mol. The van der Waals surface area contributed by atoms with E-state index in [2.05, 4.69) is 15.3 Å². The first-order chi connectivity index (χ1) is 8.76. The molecule has 1 aromatic rings. The molecule has 0 aliphatic carbocycles. The molecule has 6 nitrogen and oxygen atoms in total. The molecule has 0 saturated heterocycles. The molecule has 0 radical (unpaired) electrons. The van der Waals surface area contributed by atoms with Gasteiger partial charge in [0.2, 0.25) is 0 Å². The Morgan fingerprint density at radius 1 is 1.53 bits per heavy atom. The number of aromatic nitrogens is 2. The van der Waals surface area contributed by atoms with Crippen LogP contribution in [0.3, 0.4) is 0 Å². The Hall–Kier alpha value is -1.69. The van der Waals surface area contributed by atoms with Gasteiger partial charge in [-0.1, -0.05) is 13.8 Å². The molecule has 0 saturated carbocycles. The van der Waals surface area contributed by atoms with Gasteiger partial charge in [-0.2, -0.15) is 0 Å². The van der Waals surface area contributed by atoms with E-state index in [1.54, 1.807) is 7.11 Å². The Morgan fingerprint density at radius 3 is 2.68 bits per heavy atom. The third-order valence-corrected chi connectivity index (χ3v) is 2.79. The molecule has 0 atom stereocenters. The monoisotopic (exact) mass is 266 g/mol. The van der Waals surface area contributed by atoms with Crippen molar-refractivity contribution < 1.29 is 9.53 Å². The zero-order valence-corrected chi connectivity index (χ0v) is 12.2. The molecule has 6 heteroatoms. The van der Waals surface area contributed by atoms with Crippen LogP contribution in [0, 0.1) is 0 Å². The molecule has 0 aliphatic heterocycles. The van der Waals surface area contributed by atoms with Crippen LogP contribution in [0.5, 0.6) is 0 Å². The topological polar surface area (TPSA) is 90.1 Å². The number of anilines is 1. The van der Waals surface area contributed by atoms with Gasteiger partial charge in [0, 0.05) is 19.6 Å². The van der Waals surface area contributed by atoms with Crippen LogP contribution in [0.15, 0.2) is 6.20 Å². The first-order valence-electron chi connectivity index (χ1n) is 6.22. The van der Waals surface area contributed by atoms with Gasteiger partial charge in [-0.05, 0) is 13.8 Å². The van der Waals surface area contributed by atoms with Gasteiger partial charge in [-0.15, -0.1) is 0 Å². The van der Waals surface area contributed by atoms with Gasteiger partial charge >= 0.3 is 0 Å². The molecular formula is C13H22N4O2. The lowest BCUT2D eigenvalue weighted by Crippen LogP contribution is -2.40. The number of hydrogen-bond donors (Lipinski definition) is 2. The molecule has 1 aromatic heterocycles. The minimum atomic E-state index is -0.432. The van der Waals surface area contributed by atoms with E-state index >= 15 is 0 Å². The molecule has 0 bridgehead atoms. The van der Waals surface area contributed by atoms with Crippen LogP contribution in [0.2, 0.25) is 0 Å². The van der Waals surface area contributed by atoms with Gasteiger partial charge in [-0.3, -0.25) is 4.79 Å². The summed E-state index contributed by atoms with van der Waals surface area (Å²) in [6.45, 7) is 8.07. The minimum absolute atomic E-state index is 0.141. The highest BCUT2D eigenvalue weighted by Crippen LogP contribution is 2.14. The molecular weight excluding hydrogens is 244 g/mol. The smallest absolute Gasteiger partial charge is 0.272 e. The second-order valence-corrected chi connectivity index (χ2v) is 5.33. The third-order valence-electron chi connectivity index (χ3n) is 2.79. The molecule has 0 spiro atoms. The normalized spacial score (nSPS) is 11.7. The third kappa shape index (κ3) is 4.17. The molecule has 0 aliphatic rings. The molecule has 106 valence electrons. The van der Waals surface area contributed by atoms with Gasteiger partial charge in [0.1, 0.15) is 5.82 Å². The van der Waals surface area contributed by atoms with Crippen molar-refractivity contribution in [2.45, 2.75) is 39.2 Å². The standard InChI is InChI=1S/C13H22N4O2/c1-8(2)11-15-6-9(14)10(17-11)12(18)16-7-13(3,4)19-5/h6,8H,7,14H2,1-5H3,(H,16,18). The van der Waals surface area contributed by atoms with Crippen molar-refractivity contribution >= 4 is 11.6 Å². The van der Waals surface area contributed by atoms with Crippen molar-refractivity contribution in [3.05, 3.63) is 17.7 Å². The Balaban J connectivity index is 2.85. The molecule has 0 unspecified atom stereocenters. The molecule has 1 heterocycles. The highest BCUT2D eigenvalue weighted by atomic mass is 16.5. The van der Waals surface area contributed by atoms with E-state index in [9.17, 15) is 4.79 Å². The van der Waals surface area contributed by atoms with E-state index in [1.165, 1.54) is 6.20 Å². The average Bonchev–Trinajstić information content (AvgIpc) is 2.36. The van der Waals surface area contributed by atoms with Gasteiger partial charge in [-0.25, -0.2) is 9.97 Å². The molecule has 1 amide bonds. The number of carbonyl (C=O) groups is 1. The summed E-state index contributed by atoms with van der Waals surface area (Å²) in [5, 5.41) is 2.76. The van der Waals surface area contributed by atoms with Crippen LogP contribution in [-0.4, -0.2) is 35.1 Å². The molecule has 0 fully saturated rings. The summed E-state index contributed by atoms with van der Waals surface area (Å²) in [6.07, 6.45) is 1.47. The quantitative estimate of drug-likeness (QED) is 0.839. The number of nitrogen functional groups attached to an aromatic ring is 1. The number of ether oxygens (including phenoxy) is 1. The lowest BCUT2D eigenvalue weighted by atomic mass is 10.1. The fraction of sp³-hybridized carbons (Fsp3) is 0.615. The van der Waals surface area contributed by atoms with Gasteiger partial charge in [0.05, 0.1) is 17.5 Å². The fourth-order valence-corrected chi connectivity index (χ4v) is 1.31. The molecule has 3 N–H and O–H groups in total. The van der Waals surface area contributed by atoms with Crippen LogP contribution < -0.4 is 11.1 Å². The van der Waals surface area contributed by atoms with Crippen LogP contribution in [-0.2, 0) is 4.74 Å². The Bertz CT molecular complexity index is 458. The number of methoxy groups -OCH3 is 1. The predicted molar refractivity (Wildman–Crippen MR) is 74.0 cm³/mol. The van der Waals surface area contributed by atoms with Crippen LogP contribution >= 0.6 is 0 Å².